The first kappa shape index (κ1) is 19.6. The Morgan fingerprint density at radius 1 is 1.04 bits per heavy atom. The zero-order chi connectivity index (χ0) is 19.1. The number of methoxy groups -OCH3 is 2. The van der Waals surface area contributed by atoms with Crippen molar-refractivity contribution < 1.29 is 23.8 Å². The maximum absolute atomic E-state index is 11.9. The van der Waals surface area contributed by atoms with Crippen molar-refractivity contribution in [2.45, 2.75) is 13.3 Å². The van der Waals surface area contributed by atoms with E-state index in [1.807, 2.05) is 13.0 Å². The first-order chi connectivity index (χ1) is 12.4. The molecular formula is C19H20ClNO5. The average Bonchev–Trinajstić information content (AvgIpc) is 2.62. The minimum atomic E-state index is -0.526. The molecule has 0 heterocycles. The fraction of sp³-hybridized carbons (Fsp3) is 0.263. The van der Waals surface area contributed by atoms with Gasteiger partial charge in [-0.25, -0.2) is 0 Å². The topological polar surface area (TPSA) is 73.9 Å². The molecule has 1 amide bonds. The first-order valence-electron chi connectivity index (χ1n) is 7.85. The lowest BCUT2D eigenvalue weighted by molar-refractivity contribution is -0.146. The van der Waals surface area contributed by atoms with Crippen LogP contribution in [0.5, 0.6) is 11.5 Å². The molecule has 0 aromatic heterocycles. The molecule has 2 aromatic carbocycles. The van der Waals surface area contributed by atoms with E-state index in [9.17, 15) is 9.59 Å². The Morgan fingerprint density at radius 3 is 2.42 bits per heavy atom. The molecule has 0 aliphatic carbocycles. The molecule has 0 saturated carbocycles. The van der Waals surface area contributed by atoms with Crippen LogP contribution in [-0.2, 0) is 20.7 Å². The van der Waals surface area contributed by atoms with Gasteiger partial charge < -0.3 is 19.5 Å². The Hall–Kier alpha value is -2.73. The standard InChI is InChI=1S/C19H20ClNO5/c1-12-4-6-15(14(20)8-12)21-18(22)11-26-19(23)10-13-5-7-16(24-2)17(9-13)25-3/h4-9H,10-11H2,1-3H3,(H,21,22). The Morgan fingerprint density at radius 2 is 1.77 bits per heavy atom. The van der Waals surface area contributed by atoms with Gasteiger partial charge in [0.15, 0.2) is 18.1 Å². The molecular weight excluding hydrogens is 358 g/mol. The number of halogens is 1. The van der Waals surface area contributed by atoms with Gasteiger partial charge in [-0.05, 0) is 42.3 Å². The number of amides is 1. The number of carbonyl (C=O) groups is 2. The second-order valence-corrected chi connectivity index (χ2v) is 5.97. The van der Waals surface area contributed by atoms with E-state index in [2.05, 4.69) is 5.32 Å². The van der Waals surface area contributed by atoms with Gasteiger partial charge in [0.2, 0.25) is 0 Å². The van der Waals surface area contributed by atoms with Crippen LogP contribution in [0.15, 0.2) is 36.4 Å². The van der Waals surface area contributed by atoms with Crippen LogP contribution in [-0.4, -0.2) is 32.7 Å². The number of hydrogen-bond donors (Lipinski definition) is 1. The summed E-state index contributed by atoms with van der Waals surface area (Å²) < 4.78 is 15.3. The van der Waals surface area contributed by atoms with Gasteiger partial charge in [-0.2, -0.15) is 0 Å². The fourth-order valence-electron chi connectivity index (χ4n) is 2.26. The molecule has 0 spiro atoms. The molecule has 0 bridgehead atoms. The van der Waals surface area contributed by atoms with Crippen molar-refractivity contribution in [3.63, 3.8) is 0 Å². The Bertz CT molecular complexity index is 807. The van der Waals surface area contributed by atoms with Gasteiger partial charge in [0.1, 0.15) is 0 Å². The number of anilines is 1. The molecule has 2 rings (SSSR count). The summed E-state index contributed by atoms with van der Waals surface area (Å²) in [5, 5.41) is 3.03. The van der Waals surface area contributed by atoms with E-state index < -0.39 is 18.5 Å². The molecule has 138 valence electrons. The van der Waals surface area contributed by atoms with E-state index in [1.165, 1.54) is 14.2 Å². The van der Waals surface area contributed by atoms with Gasteiger partial charge in [-0.3, -0.25) is 9.59 Å². The van der Waals surface area contributed by atoms with Gasteiger partial charge in [-0.1, -0.05) is 23.7 Å². The number of nitrogens with one attached hydrogen (secondary N) is 1. The summed E-state index contributed by atoms with van der Waals surface area (Å²) in [5.41, 5.74) is 2.14. The Kier molecular flexibility index (Phi) is 6.86. The van der Waals surface area contributed by atoms with Crippen molar-refractivity contribution in [1.29, 1.82) is 0 Å². The van der Waals surface area contributed by atoms with Crippen LogP contribution in [0.4, 0.5) is 5.69 Å². The second-order valence-electron chi connectivity index (χ2n) is 5.56. The van der Waals surface area contributed by atoms with E-state index in [0.29, 0.717) is 27.8 Å². The van der Waals surface area contributed by atoms with Crippen molar-refractivity contribution in [2.24, 2.45) is 0 Å². The number of rotatable bonds is 7. The summed E-state index contributed by atoms with van der Waals surface area (Å²) in [6.45, 7) is 1.50. The van der Waals surface area contributed by atoms with Crippen LogP contribution in [0.25, 0.3) is 0 Å². The third kappa shape index (κ3) is 5.39. The van der Waals surface area contributed by atoms with Gasteiger partial charge in [-0.15, -0.1) is 0 Å². The van der Waals surface area contributed by atoms with Gasteiger partial charge >= 0.3 is 5.97 Å². The third-order valence-electron chi connectivity index (χ3n) is 3.56. The normalized spacial score (nSPS) is 10.2. The zero-order valence-corrected chi connectivity index (χ0v) is 15.6. The van der Waals surface area contributed by atoms with E-state index >= 15 is 0 Å². The molecule has 1 N–H and O–H groups in total. The van der Waals surface area contributed by atoms with Crippen molar-refractivity contribution in [1.82, 2.24) is 0 Å². The lowest BCUT2D eigenvalue weighted by Crippen LogP contribution is -2.21. The molecule has 26 heavy (non-hydrogen) atoms. The van der Waals surface area contributed by atoms with Crippen molar-refractivity contribution in [3.8, 4) is 11.5 Å². The summed E-state index contributed by atoms with van der Waals surface area (Å²) in [6.07, 6.45) is 0.0128. The van der Waals surface area contributed by atoms with Crippen molar-refractivity contribution in [3.05, 3.63) is 52.5 Å². The summed E-state index contributed by atoms with van der Waals surface area (Å²) in [7, 11) is 3.05. The van der Waals surface area contributed by atoms with Gasteiger partial charge in [0.25, 0.3) is 5.91 Å². The highest BCUT2D eigenvalue weighted by Crippen LogP contribution is 2.27. The molecule has 0 saturated heterocycles. The van der Waals surface area contributed by atoms with Crippen LogP contribution >= 0.6 is 11.6 Å². The molecule has 0 fully saturated rings. The van der Waals surface area contributed by atoms with E-state index in [-0.39, 0.29) is 6.42 Å². The highest BCUT2D eigenvalue weighted by Gasteiger charge is 2.12. The Labute approximate surface area is 157 Å². The van der Waals surface area contributed by atoms with E-state index in [1.54, 1.807) is 30.3 Å². The van der Waals surface area contributed by atoms with Crippen LogP contribution < -0.4 is 14.8 Å². The molecule has 7 heteroatoms. The van der Waals surface area contributed by atoms with Crippen LogP contribution in [0.1, 0.15) is 11.1 Å². The zero-order valence-electron chi connectivity index (χ0n) is 14.8. The maximum atomic E-state index is 11.9. The molecule has 2 aromatic rings. The average molecular weight is 378 g/mol. The molecule has 0 aliphatic heterocycles. The van der Waals surface area contributed by atoms with Gasteiger partial charge in [0, 0.05) is 0 Å². The monoisotopic (exact) mass is 377 g/mol. The van der Waals surface area contributed by atoms with Gasteiger partial charge in [0.05, 0.1) is 31.4 Å². The smallest absolute Gasteiger partial charge is 0.310 e. The molecule has 6 nitrogen and oxygen atoms in total. The highest BCUT2D eigenvalue weighted by atomic mass is 35.5. The fourth-order valence-corrected chi connectivity index (χ4v) is 2.54. The SMILES string of the molecule is COc1ccc(CC(=O)OCC(=O)Nc2ccc(C)cc2Cl)cc1OC. The predicted molar refractivity (Wildman–Crippen MR) is 99.0 cm³/mol. The highest BCUT2D eigenvalue weighted by molar-refractivity contribution is 6.33. The summed E-state index contributed by atoms with van der Waals surface area (Å²) in [4.78, 5) is 23.8. The maximum Gasteiger partial charge on any atom is 0.310 e. The van der Waals surface area contributed by atoms with E-state index in [4.69, 9.17) is 25.8 Å². The third-order valence-corrected chi connectivity index (χ3v) is 3.87. The molecule has 0 aliphatic rings. The van der Waals surface area contributed by atoms with Crippen molar-refractivity contribution >= 4 is 29.2 Å². The van der Waals surface area contributed by atoms with Crippen molar-refractivity contribution in [2.75, 3.05) is 26.1 Å². The summed E-state index contributed by atoms with van der Waals surface area (Å²) in [6, 6.07) is 10.4. The number of esters is 1. The molecule has 0 unspecified atom stereocenters. The van der Waals surface area contributed by atoms with Crippen LogP contribution in [0, 0.1) is 6.92 Å². The number of aryl methyl sites for hydroxylation is 1. The number of ether oxygens (including phenoxy) is 3. The largest absolute Gasteiger partial charge is 0.493 e. The number of carbonyl (C=O) groups excluding carboxylic acids is 2. The minimum absolute atomic E-state index is 0.0128. The lowest BCUT2D eigenvalue weighted by atomic mass is 10.1. The molecule has 0 radical (unpaired) electrons. The number of hydrogen-bond acceptors (Lipinski definition) is 5. The van der Waals surface area contributed by atoms with E-state index in [0.717, 1.165) is 5.56 Å². The molecule has 0 atom stereocenters. The van der Waals surface area contributed by atoms with Crippen LogP contribution in [0.3, 0.4) is 0 Å². The first-order valence-corrected chi connectivity index (χ1v) is 8.23. The summed E-state index contributed by atoms with van der Waals surface area (Å²) in [5.74, 6) is 0.0994. The van der Waals surface area contributed by atoms with Crippen LogP contribution in [0.2, 0.25) is 5.02 Å². The summed E-state index contributed by atoms with van der Waals surface area (Å²) >= 11 is 6.05. The minimum Gasteiger partial charge on any atom is -0.493 e. The quantitative estimate of drug-likeness (QED) is 0.749. The predicted octanol–water partition coefficient (Wildman–Crippen LogP) is 3.39. The second kappa shape index (κ2) is 9.10. The lowest BCUT2D eigenvalue weighted by Gasteiger charge is -2.10. The number of benzene rings is 2. The Balaban J connectivity index is 1.87.